The number of guanidine groups is 1. The average molecular weight is 419 g/mol. The van der Waals surface area contributed by atoms with Gasteiger partial charge in [-0.05, 0) is 49.3 Å². The van der Waals surface area contributed by atoms with E-state index in [0.717, 1.165) is 31.2 Å². The number of amides is 2. The molecule has 2 atom stereocenters. The molecule has 8 heteroatoms. The lowest BCUT2D eigenvalue weighted by atomic mass is 9.92. The summed E-state index contributed by atoms with van der Waals surface area (Å²) >= 11 is 0. The monoisotopic (exact) mass is 418 g/mol. The molecular formula is C22H34N4O4. The van der Waals surface area contributed by atoms with Gasteiger partial charge in [0.05, 0.1) is 20.6 Å². The van der Waals surface area contributed by atoms with Crippen LogP contribution in [-0.4, -0.2) is 44.1 Å². The van der Waals surface area contributed by atoms with Crippen molar-refractivity contribution in [3.05, 3.63) is 23.8 Å². The van der Waals surface area contributed by atoms with Crippen LogP contribution in [0.4, 0.5) is 0 Å². The van der Waals surface area contributed by atoms with Crippen molar-refractivity contribution >= 4 is 17.8 Å². The van der Waals surface area contributed by atoms with Crippen molar-refractivity contribution < 1.29 is 19.1 Å². The van der Waals surface area contributed by atoms with E-state index in [4.69, 9.17) is 14.9 Å². The molecule has 0 spiro atoms. The van der Waals surface area contributed by atoms with Gasteiger partial charge in [-0.1, -0.05) is 26.3 Å². The Bertz CT molecular complexity index is 749. The van der Waals surface area contributed by atoms with Gasteiger partial charge in [-0.25, -0.2) is 0 Å². The van der Waals surface area contributed by atoms with Gasteiger partial charge in [0.25, 0.3) is 0 Å². The molecule has 1 aliphatic rings. The molecular weight excluding hydrogens is 384 g/mol. The van der Waals surface area contributed by atoms with Crippen LogP contribution in [0.15, 0.2) is 18.2 Å². The van der Waals surface area contributed by atoms with Crippen molar-refractivity contribution in [2.45, 2.75) is 64.5 Å². The fraction of sp³-hybridized carbons (Fsp3) is 0.591. The fourth-order valence-electron chi connectivity index (χ4n) is 3.22. The maximum Gasteiger partial charge on any atom is 0.242 e. The summed E-state index contributed by atoms with van der Waals surface area (Å²) in [4.78, 5) is 25.0. The SMILES string of the molecule is CCC(C)CC(NC(=N)NC(=O)Cc1ccc(OC)c(OC)c1)C(=O)NC1CCC1. The molecule has 1 aromatic rings. The van der Waals surface area contributed by atoms with Gasteiger partial charge in [0.2, 0.25) is 11.8 Å². The Morgan fingerprint density at radius 1 is 1.20 bits per heavy atom. The molecule has 0 aromatic heterocycles. The third-order valence-electron chi connectivity index (χ3n) is 5.50. The number of carbonyl (C=O) groups is 2. The van der Waals surface area contributed by atoms with Gasteiger partial charge in [0.15, 0.2) is 17.5 Å². The molecule has 1 aromatic carbocycles. The summed E-state index contributed by atoms with van der Waals surface area (Å²) in [6.45, 7) is 4.15. The maximum absolute atomic E-state index is 12.6. The maximum atomic E-state index is 12.6. The molecule has 1 aliphatic carbocycles. The van der Waals surface area contributed by atoms with Gasteiger partial charge >= 0.3 is 0 Å². The minimum absolute atomic E-state index is 0.0781. The van der Waals surface area contributed by atoms with Crippen LogP contribution in [0.1, 0.15) is 51.5 Å². The van der Waals surface area contributed by atoms with Gasteiger partial charge in [-0.2, -0.15) is 0 Å². The van der Waals surface area contributed by atoms with E-state index in [1.807, 2.05) is 0 Å². The summed E-state index contributed by atoms with van der Waals surface area (Å²) in [7, 11) is 3.08. The highest BCUT2D eigenvalue weighted by atomic mass is 16.5. The molecule has 2 unspecified atom stereocenters. The lowest BCUT2D eigenvalue weighted by Crippen LogP contribution is -2.54. The summed E-state index contributed by atoms with van der Waals surface area (Å²) in [6.07, 6.45) is 4.75. The molecule has 0 aliphatic heterocycles. The van der Waals surface area contributed by atoms with Gasteiger partial charge in [-0.3, -0.25) is 20.3 Å². The van der Waals surface area contributed by atoms with Crippen LogP contribution in [0.3, 0.4) is 0 Å². The summed E-state index contributed by atoms with van der Waals surface area (Å²) in [5.41, 5.74) is 0.733. The summed E-state index contributed by atoms with van der Waals surface area (Å²) < 4.78 is 10.5. The molecule has 2 rings (SSSR count). The summed E-state index contributed by atoms with van der Waals surface area (Å²) in [5.74, 6) is 0.821. The first kappa shape index (κ1) is 23.5. The molecule has 166 valence electrons. The molecule has 2 amide bonds. The van der Waals surface area contributed by atoms with Crippen LogP contribution in [0.2, 0.25) is 0 Å². The van der Waals surface area contributed by atoms with Crippen molar-refractivity contribution in [3.8, 4) is 11.5 Å². The van der Waals surface area contributed by atoms with Crippen LogP contribution in [0.25, 0.3) is 0 Å². The second kappa shape index (κ2) is 11.4. The zero-order valence-electron chi connectivity index (χ0n) is 18.3. The Kier molecular flexibility index (Phi) is 8.95. The van der Waals surface area contributed by atoms with Gasteiger partial charge in [0.1, 0.15) is 6.04 Å². The first-order valence-corrected chi connectivity index (χ1v) is 10.5. The molecule has 1 fully saturated rings. The number of hydrogen-bond donors (Lipinski definition) is 4. The van der Waals surface area contributed by atoms with Crippen LogP contribution < -0.4 is 25.4 Å². The highest BCUT2D eigenvalue weighted by Gasteiger charge is 2.26. The Hall–Kier alpha value is -2.77. The third-order valence-corrected chi connectivity index (χ3v) is 5.50. The highest BCUT2D eigenvalue weighted by molar-refractivity contribution is 5.98. The molecule has 0 bridgehead atoms. The minimum Gasteiger partial charge on any atom is -0.493 e. The molecule has 8 nitrogen and oxygen atoms in total. The van der Waals surface area contributed by atoms with Crippen molar-refractivity contribution in [1.82, 2.24) is 16.0 Å². The average Bonchev–Trinajstić information content (AvgIpc) is 2.69. The molecule has 0 radical (unpaired) electrons. The molecule has 1 saturated carbocycles. The molecule has 4 N–H and O–H groups in total. The molecule has 0 saturated heterocycles. The number of rotatable bonds is 10. The van der Waals surface area contributed by atoms with Gasteiger partial charge < -0.3 is 20.1 Å². The number of carbonyl (C=O) groups excluding carboxylic acids is 2. The fourth-order valence-corrected chi connectivity index (χ4v) is 3.22. The first-order valence-electron chi connectivity index (χ1n) is 10.5. The Morgan fingerprint density at radius 3 is 2.47 bits per heavy atom. The second-order valence-corrected chi connectivity index (χ2v) is 7.87. The lowest BCUT2D eigenvalue weighted by Gasteiger charge is -2.30. The van der Waals surface area contributed by atoms with Crippen molar-refractivity contribution in [3.63, 3.8) is 0 Å². The largest absolute Gasteiger partial charge is 0.493 e. The number of nitrogens with one attached hydrogen (secondary N) is 4. The van der Waals surface area contributed by atoms with Crippen LogP contribution in [-0.2, 0) is 16.0 Å². The van der Waals surface area contributed by atoms with Crippen LogP contribution in [0.5, 0.6) is 11.5 Å². The zero-order valence-corrected chi connectivity index (χ0v) is 18.3. The number of hydrogen-bond acceptors (Lipinski definition) is 5. The zero-order chi connectivity index (χ0) is 22.1. The van der Waals surface area contributed by atoms with Crippen molar-refractivity contribution in [1.29, 1.82) is 5.41 Å². The van der Waals surface area contributed by atoms with Crippen molar-refractivity contribution in [2.75, 3.05) is 14.2 Å². The standard InChI is InChI=1S/C22H34N4O4/c1-5-14(2)11-17(21(28)24-16-7-6-8-16)25-22(23)26-20(27)13-15-9-10-18(29-3)19(12-15)30-4/h9-10,12,14,16-17H,5-8,11,13H2,1-4H3,(H,24,28)(H3,23,25,26,27). The quantitative estimate of drug-likeness (QED) is 0.344. The summed E-state index contributed by atoms with van der Waals surface area (Å²) in [5, 5.41) is 16.6. The van der Waals surface area contributed by atoms with E-state index in [2.05, 4.69) is 29.8 Å². The number of methoxy groups -OCH3 is 2. The summed E-state index contributed by atoms with van der Waals surface area (Å²) in [6, 6.07) is 4.92. The van der Waals surface area contributed by atoms with E-state index >= 15 is 0 Å². The molecule has 0 heterocycles. The second-order valence-electron chi connectivity index (χ2n) is 7.87. The lowest BCUT2D eigenvalue weighted by molar-refractivity contribution is -0.124. The Balaban J connectivity index is 1.92. The predicted molar refractivity (Wildman–Crippen MR) is 116 cm³/mol. The Morgan fingerprint density at radius 2 is 1.90 bits per heavy atom. The van der Waals surface area contributed by atoms with Gasteiger partial charge in [0, 0.05) is 6.04 Å². The highest BCUT2D eigenvalue weighted by Crippen LogP contribution is 2.27. The predicted octanol–water partition coefficient (Wildman–Crippen LogP) is 2.36. The smallest absolute Gasteiger partial charge is 0.242 e. The topological polar surface area (TPSA) is 113 Å². The van der Waals surface area contributed by atoms with Crippen LogP contribution in [0, 0.1) is 11.3 Å². The first-order chi connectivity index (χ1) is 14.4. The Labute approximate surface area is 178 Å². The van der Waals surface area contributed by atoms with E-state index in [9.17, 15) is 9.59 Å². The van der Waals surface area contributed by atoms with Crippen molar-refractivity contribution in [2.24, 2.45) is 5.92 Å². The molecule has 30 heavy (non-hydrogen) atoms. The normalized spacial score (nSPS) is 15.3. The third kappa shape index (κ3) is 6.93. The van der Waals surface area contributed by atoms with E-state index in [0.29, 0.717) is 23.8 Å². The van der Waals surface area contributed by atoms with Crippen LogP contribution >= 0.6 is 0 Å². The van der Waals surface area contributed by atoms with E-state index < -0.39 is 6.04 Å². The minimum atomic E-state index is -0.547. The number of benzene rings is 1. The van der Waals surface area contributed by atoms with E-state index in [1.54, 1.807) is 25.3 Å². The van der Waals surface area contributed by atoms with Gasteiger partial charge in [-0.15, -0.1) is 0 Å². The number of ether oxygens (including phenoxy) is 2. The van der Waals surface area contributed by atoms with E-state index in [1.165, 1.54) is 7.11 Å². The van der Waals surface area contributed by atoms with E-state index in [-0.39, 0.29) is 30.2 Å².